The Morgan fingerprint density at radius 3 is 2.67 bits per heavy atom. The number of para-hydroxylation sites is 2. The van der Waals surface area contributed by atoms with Crippen molar-refractivity contribution in [3.05, 3.63) is 59.7 Å². The summed E-state index contributed by atoms with van der Waals surface area (Å²) < 4.78 is 5.22. The molecule has 0 aliphatic heterocycles. The molecule has 21 heavy (non-hydrogen) atoms. The van der Waals surface area contributed by atoms with E-state index in [2.05, 4.69) is 17.2 Å². The lowest BCUT2D eigenvalue weighted by molar-refractivity contribution is 0.102. The van der Waals surface area contributed by atoms with Crippen LogP contribution in [0.5, 0.6) is 5.75 Å². The monoisotopic (exact) mass is 280 g/mol. The Balaban J connectivity index is 2.29. The molecular weight excluding hydrogens is 264 g/mol. The zero-order valence-corrected chi connectivity index (χ0v) is 11.7. The number of ether oxygens (including phenoxy) is 1. The molecule has 4 heteroatoms. The standard InChI is InChI=1S/C17H16N2O2/c1-21-16-11-5-4-10-15(16)19-17(20)14-9-3-2-7-13(14)8-6-12-18/h2-5,7,9-11H,12,18H2,1H3,(H,19,20). The predicted molar refractivity (Wildman–Crippen MR) is 83.3 cm³/mol. The summed E-state index contributed by atoms with van der Waals surface area (Å²) in [5.74, 6) is 6.03. The van der Waals surface area contributed by atoms with Crippen LogP contribution in [-0.2, 0) is 0 Å². The fourth-order valence-electron chi connectivity index (χ4n) is 1.87. The first-order valence-corrected chi connectivity index (χ1v) is 6.48. The molecule has 0 unspecified atom stereocenters. The van der Waals surface area contributed by atoms with Gasteiger partial charge >= 0.3 is 0 Å². The lowest BCUT2D eigenvalue weighted by Gasteiger charge is -2.10. The van der Waals surface area contributed by atoms with Crippen LogP contribution in [-0.4, -0.2) is 19.6 Å². The lowest BCUT2D eigenvalue weighted by atomic mass is 10.1. The Bertz CT molecular complexity index is 699. The number of benzene rings is 2. The molecule has 4 nitrogen and oxygen atoms in total. The summed E-state index contributed by atoms with van der Waals surface area (Å²) in [7, 11) is 1.56. The molecule has 0 atom stereocenters. The average Bonchev–Trinajstić information content (AvgIpc) is 2.53. The maximum atomic E-state index is 12.4. The third kappa shape index (κ3) is 3.62. The minimum absolute atomic E-state index is 0.235. The van der Waals surface area contributed by atoms with Crippen LogP contribution in [0.2, 0.25) is 0 Å². The summed E-state index contributed by atoms with van der Waals surface area (Å²) in [6.45, 7) is 0.252. The van der Waals surface area contributed by atoms with Gasteiger partial charge in [0.25, 0.3) is 5.91 Å². The van der Waals surface area contributed by atoms with Gasteiger partial charge in [-0.1, -0.05) is 36.1 Å². The van der Waals surface area contributed by atoms with Gasteiger partial charge in [-0.05, 0) is 24.3 Å². The summed E-state index contributed by atoms with van der Waals surface area (Å²) in [6, 6.07) is 14.4. The zero-order valence-electron chi connectivity index (χ0n) is 11.7. The number of anilines is 1. The molecule has 0 aliphatic rings. The molecule has 2 aromatic carbocycles. The van der Waals surface area contributed by atoms with Crippen LogP contribution in [0.1, 0.15) is 15.9 Å². The Hall–Kier alpha value is -2.77. The molecule has 1 amide bonds. The van der Waals surface area contributed by atoms with E-state index in [9.17, 15) is 4.79 Å². The van der Waals surface area contributed by atoms with E-state index in [1.165, 1.54) is 0 Å². The number of nitrogens with one attached hydrogen (secondary N) is 1. The van der Waals surface area contributed by atoms with Crippen molar-refractivity contribution in [2.45, 2.75) is 0 Å². The minimum Gasteiger partial charge on any atom is -0.495 e. The molecule has 2 rings (SSSR count). The molecule has 0 heterocycles. The van der Waals surface area contributed by atoms with Gasteiger partial charge in [0.1, 0.15) is 5.75 Å². The number of rotatable bonds is 3. The largest absolute Gasteiger partial charge is 0.495 e. The number of hydrogen-bond acceptors (Lipinski definition) is 3. The highest BCUT2D eigenvalue weighted by molar-refractivity contribution is 6.06. The van der Waals surface area contributed by atoms with E-state index in [0.29, 0.717) is 22.6 Å². The fourth-order valence-corrected chi connectivity index (χ4v) is 1.87. The van der Waals surface area contributed by atoms with Crippen molar-refractivity contribution >= 4 is 11.6 Å². The smallest absolute Gasteiger partial charge is 0.257 e. The van der Waals surface area contributed by atoms with E-state index in [-0.39, 0.29) is 12.5 Å². The maximum absolute atomic E-state index is 12.4. The van der Waals surface area contributed by atoms with Gasteiger partial charge in [0.2, 0.25) is 0 Å². The summed E-state index contributed by atoms with van der Waals surface area (Å²) in [5, 5.41) is 2.83. The van der Waals surface area contributed by atoms with Crippen LogP contribution in [0.15, 0.2) is 48.5 Å². The molecule has 2 aromatic rings. The van der Waals surface area contributed by atoms with E-state index in [4.69, 9.17) is 10.5 Å². The van der Waals surface area contributed by atoms with Crippen molar-refractivity contribution in [1.82, 2.24) is 0 Å². The fraction of sp³-hybridized carbons (Fsp3) is 0.118. The highest BCUT2D eigenvalue weighted by atomic mass is 16.5. The second-order valence-corrected chi connectivity index (χ2v) is 4.21. The van der Waals surface area contributed by atoms with E-state index in [1.54, 1.807) is 37.4 Å². The van der Waals surface area contributed by atoms with Crippen molar-refractivity contribution in [1.29, 1.82) is 0 Å². The lowest BCUT2D eigenvalue weighted by Crippen LogP contribution is -2.14. The molecule has 106 valence electrons. The number of carbonyl (C=O) groups is 1. The number of amides is 1. The molecule has 0 radical (unpaired) electrons. The molecule has 0 aromatic heterocycles. The van der Waals surface area contributed by atoms with Crippen LogP contribution in [0, 0.1) is 11.8 Å². The third-order valence-corrected chi connectivity index (χ3v) is 2.85. The second kappa shape index (κ2) is 7.13. The summed E-state index contributed by atoms with van der Waals surface area (Å²) in [5.41, 5.74) is 7.14. The van der Waals surface area contributed by atoms with Gasteiger partial charge < -0.3 is 15.8 Å². The zero-order chi connectivity index (χ0) is 15.1. The van der Waals surface area contributed by atoms with Gasteiger partial charge in [0.15, 0.2) is 0 Å². The summed E-state index contributed by atoms with van der Waals surface area (Å²) in [4.78, 5) is 12.4. The Labute approximate surface area is 123 Å². The average molecular weight is 280 g/mol. The number of carbonyl (C=O) groups excluding carboxylic acids is 1. The highest BCUT2D eigenvalue weighted by Crippen LogP contribution is 2.24. The van der Waals surface area contributed by atoms with Crippen molar-refractivity contribution < 1.29 is 9.53 Å². The first-order chi connectivity index (χ1) is 10.3. The maximum Gasteiger partial charge on any atom is 0.257 e. The van der Waals surface area contributed by atoms with Crippen molar-refractivity contribution in [2.24, 2.45) is 5.73 Å². The number of hydrogen-bond donors (Lipinski definition) is 2. The van der Waals surface area contributed by atoms with Crippen molar-refractivity contribution in [2.75, 3.05) is 19.0 Å². The van der Waals surface area contributed by atoms with E-state index >= 15 is 0 Å². The summed E-state index contributed by atoms with van der Waals surface area (Å²) in [6.07, 6.45) is 0. The van der Waals surface area contributed by atoms with Gasteiger partial charge in [0.05, 0.1) is 24.9 Å². The highest BCUT2D eigenvalue weighted by Gasteiger charge is 2.12. The van der Waals surface area contributed by atoms with Crippen LogP contribution >= 0.6 is 0 Å². The molecule has 3 N–H and O–H groups in total. The molecule has 0 fully saturated rings. The third-order valence-electron chi connectivity index (χ3n) is 2.85. The van der Waals surface area contributed by atoms with E-state index in [1.807, 2.05) is 18.2 Å². The van der Waals surface area contributed by atoms with Crippen LogP contribution in [0.25, 0.3) is 0 Å². The van der Waals surface area contributed by atoms with Crippen LogP contribution < -0.4 is 15.8 Å². The SMILES string of the molecule is COc1ccccc1NC(=O)c1ccccc1C#CCN. The molecule has 0 aliphatic carbocycles. The second-order valence-electron chi connectivity index (χ2n) is 4.21. The van der Waals surface area contributed by atoms with Crippen molar-refractivity contribution in [3.63, 3.8) is 0 Å². The molecule has 0 saturated heterocycles. The van der Waals surface area contributed by atoms with E-state index in [0.717, 1.165) is 0 Å². The van der Waals surface area contributed by atoms with Gasteiger partial charge in [-0.15, -0.1) is 0 Å². The Kier molecular flexibility index (Phi) is 4.97. The van der Waals surface area contributed by atoms with Crippen LogP contribution in [0.4, 0.5) is 5.69 Å². The van der Waals surface area contributed by atoms with Gasteiger partial charge in [0, 0.05) is 5.56 Å². The number of methoxy groups -OCH3 is 1. The van der Waals surface area contributed by atoms with E-state index < -0.39 is 0 Å². The summed E-state index contributed by atoms with van der Waals surface area (Å²) >= 11 is 0. The quantitative estimate of drug-likeness (QED) is 0.848. The number of nitrogens with two attached hydrogens (primary N) is 1. The van der Waals surface area contributed by atoms with Crippen LogP contribution in [0.3, 0.4) is 0 Å². The van der Waals surface area contributed by atoms with Crippen molar-refractivity contribution in [3.8, 4) is 17.6 Å². The minimum atomic E-state index is -0.235. The molecule has 0 spiro atoms. The van der Waals surface area contributed by atoms with Gasteiger partial charge in [-0.3, -0.25) is 4.79 Å². The van der Waals surface area contributed by atoms with Gasteiger partial charge in [-0.25, -0.2) is 0 Å². The Morgan fingerprint density at radius 1 is 1.19 bits per heavy atom. The first-order valence-electron chi connectivity index (χ1n) is 6.48. The first kappa shape index (κ1) is 14.6. The molecular formula is C17H16N2O2. The predicted octanol–water partition coefficient (Wildman–Crippen LogP) is 2.26. The van der Waals surface area contributed by atoms with Gasteiger partial charge in [-0.2, -0.15) is 0 Å². The molecule has 0 bridgehead atoms. The topological polar surface area (TPSA) is 64.3 Å². The normalized spacial score (nSPS) is 9.43. The molecule has 0 saturated carbocycles. The Morgan fingerprint density at radius 2 is 1.90 bits per heavy atom.